The van der Waals surface area contributed by atoms with Crippen molar-refractivity contribution >= 4 is 5.91 Å². The second-order valence-electron chi connectivity index (χ2n) is 6.68. The predicted octanol–water partition coefficient (Wildman–Crippen LogP) is 3.58. The number of methoxy groups -OCH3 is 2. The van der Waals surface area contributed by atoms with Gasteiger partial charge in [0.25, 0.3) is 5.91 Å². The van der Waals surface area contributed by atoms with E-state index in [1.54, 1.807) is 32.5 Å². The van der Waals surface area contributed by atoms with Gasteiger partial charge in [0.05, 0.1) is 14.2 Å². The molecule has 0 saturated carbocycles. The minimum Gasteiger partial charge on any atom is -0.497 e. The molecule has 0 spiro atoms. The Balaban J connectivity index is 1.50. The van der Waals surface area contributed by atoms with Crippen molar-refractivity contribution in [1.82, 2.24) is 9.88 Å². The highest BCUT2D eigenvalue weighted by molar-refractivity contribution is 5.96. The Hall–Kier alpha value is -2.56. The number of likely N-dealkylation sites (tertiary alicyclic amines) is 1. The van der Waals surface area contributed by atoms with E-state index >= 15 is 0 Å². The van der Waals surface area contributed by atoms with Gasteiger partial charge in [0.15, 0.2) is 0 Å². The Morgan fingerprint density at radius 3 is 2.50 bits per heavy atom. The molecule has 0 bridgehead atoms. The first-order chi connectivity index (χ1) is 12.7. The van der Waals surface area contributed by atoms with Crippen molar-refractivity contribution in [3.8, 4) is 11.6 Å². The predicted molar refractivity (Wildman–Crippen MR) is 101 cm³/mol. The zero-order valence-corrected chi connectivity index (χ0v) is 15.5. The van der Waals surface area contributed by atoms with Crippen LogP contribution in [0.1, 0.15) is 35.2 Å². The zero-order chi connectivity index (χ0) is 18.4. The summed E-state index contributed by atoms with van der Waals surface area (Å²) in [6.45, 7) is 1.59. The van der Waals surface area contributed by atoms with E-state index in [0.717, 1.165) is 44.5 Å². The van der Waals surface area contributed by atoms with Crippen molar-refractivity contribution in [3.63, 3.8) is 0 Å². The van der Waals surface area contributed by atoms with E-state index in [4.69, 9.17) is 9.47 Å². The van der Waals surface area contributed by atoms with Gasteiger partial charge in [-0.1, -0.05) is 12.1 Å². The van der Waals surface area contributed by atoms with Crippen molar-refractivity contribution in [2.24, 2.45) is 5.92 Å². The Morgan fingerprint density at radius 2 is 1.85 bits per heavy atom. The molecule has 1 saturated heterocycles. The first-order valence-electron chi connectivity index (χ1n) is 9.12. The third-order valence-corrected chi connectivity index (χ3v) is 5.10. The number of aryl methyl sites for hydroxylation is 1. The monoisotopic (exact) mass is 354 g/mol. The van der Waals surface area contributed by atoms with Gasteiger partial charge in [0.1, 0.15) is 11.3 Å². The van der Waals surface area contributed by atoms with E-state index < -0.39 is 0 Å². The fourth-order valence-corrected chi connectivity index (χ4v) is 3.47. The first-order valence-corrected chi connectivity index (χ1v) is 9.12. The van der Waals surface area contributed by atoms with Crippen molar-refractivity contribution in [3.05, 3.63) is 53.7 Å². The maximum Gasteiger partial charge on any atom is 0.259 e. The number of piperidine rings is 1. The average Bonchev–Trinajstić information content (AvgIpc) is 2.72. The van der Waals surface area contributed by atoms with Crippen LogP contribution in [0.3, 0.4) is 0 Å². The molecule has 0 radical (unpaired) electrons. The van der Waals surface area contributed by atoms with E-state index in [-0.39, 0.29) is 5.91 Å². The SMILES string of the molecule is COc1ccc(CCC2CCN(C(=O)c3cccnc3OC)CC2)cc1. The number of aromatic nitrogens is 1. The number of amides is 1. The highest BCUT2D eigenvalue weighted by Crippen LogP contribution is 2.25. The van der Waals surface area contributed by atoms with Crippen molar-refractivity contribution in [2.75, 3.05) is 27.3 Å². The highest BCUT2D eigenvalue weighted by atomic mass is 16.5. The lowest BCUT2D eigenvalue weighted by molar-refractivity contribution is 0.0682. The lowest BCUT2D eigenvalue weighted by Gasteiger charge is -2.32. The van der Waals surface area contributed by atoms with Gasteiger partial charge in [-0.05, 0) is 61.4 Å². The summed E-state index contributed by atoms with van der Waals surface area (Å²) < 4.78 is 10.4. The van der Waals surface area contributed by atoms with Crippen molar-refractivity contribution in [2.45, 2.75) is 25.7 Å². The van der Waals surface area contributed by atoms with Crippen LogP contribution in [-0.4, -0.2) is 43.1 Å². The van der Waals surface area contributed by atoms with E-state index in [1.165, 1.54) is 5.56 Å². The molecule has 138 valence electrons. The van der Waals surface area contributed by atoms with Crippen LogP contribution in [0.4, 0.5) is 0 Å². The maximum absolute atomic E-state index is 12.7. The number of rotatable bonds is 6. The molecule has 1 aromatic heterocycles. The van der Waals surface area contributed by atoms with Crippen molar-refractivity contribution in [1.29, 1.82) is 0 Å². The minimum atomic E-state index is 0.0172. The summed E-state index contributed by atoms with van der Waals surface area (Å²) in [4.78, 5) is 18.8. The number of nitrogens with zero attached hydrogens (tertiary/aromatic N) is 2. The molecule has 2 heterocycles. The van der Waals surface area contributed by atoms with Gasteiger partial charge in [0.2, 0.25) is 5.88 Å². The molecular formula is C21H26N2O3. The third-order valence-electron chi connectivity index (χ3n) is 5.10. The van der Waals surface area contributed by atoms with Crippen molar-refractivity contribution < 1.29 is 14.3 Å². The zero-order valence-electron chi connectivity index (χ0n) is 15.5. The summed E-state index contributed by atoms with van der Waals surface area (Å²) in [6.07, 6.45) is 5.96. The van der Waals surface area contributed by atoms with Crippen LogP contribution < -0.4 is 9.47 Å². The molecule has 2 aromatic rings. The Morgan fingerprint density at radius 1 is 1.12 bits per heavy atom. The first kappa shape index (κ1) is 18.2. The van der Waals surface area contributed by atoms with Crippen LogP contribution in [-0.2, 0) is 6.42 Å². The Labute approximate surface area is 155 Å². The molecule has 1 aliphatic heterocycles. The topological polar surface area (TPSA) is 51.7 Å². The number of pyridine rings is 1. The number of carbonyl (C=O) groups is 1. The van der Waals surface area contributed by atoms with E-state index in [9.17, 15) is 4.79 Å². The fourth-order valence-electron chi connectivity index (χ4n) is 3.47. The second-order valence-corrected chi connectivity index (χ2v) is 6.68. The summed E-state index contributed by atoms with van der Waals surface area (Å²) >= 11 is 0. The summed E-state index contributed by atoms with van der Waals surface area (Å²) in [7, 11) is 3.23. The van der Waals surface area contributed by atoms with Gasteiger partial charge < -0.3 is 14.4 Å². The normalized spacial score (nSPS) is 14.9. The molecule has 0 aliphatic carbocycles. The molecule has 1 amide bonds. The van der Waals surface area contributed by atoms with E-state index in [2.05, 4.69) is 17.1 Å². The Kier molecular flexibility index (Phi) is 6.10. The summed E-state index contributed by atoms with van der Waals surface area (Å²) in [5.74, 6) is 1.98. The molecule has 5 nitrogen and oxygen atoms in total. The fraction of sp³-hybridized carbons (Fsp3) is 0.429. The molecule has 5 heteroatoms. The quantitative estimate of drug-likeness (QED) is 0.796. The van der Waals surface area contributed by atoms with Crippen LogP contribution >= 0.6 is 0 Å². The molecule has 26 heavy (non-hydrogen) atoms. The number of hydrogen-bond acceptors (Lipinski definition) is 4. The van der Waals surface area contributed by atoms with Crippen LogP contribution in [0.2, 0.25) is 0 Å². The van der Waals surface area contributed by atoms with Crippen LogP contribution in [0.25, 0.3) is 0 Å². The summed E-state index contributed by atoms with van der Waals surface area (Å²) in [5.41, 5.74) is 1.89. The standard InChI is InChI=1S/C21H26N2O3/c1-25-18-9-7-16(8-10-18)5-6-17-11-14-23(15-12-17)21(24)19-4-3-13-22-20(19)26-2/h3-4,7-10,13,17H,5-6,11-12,14-15H2,1-2H3. The molecule has 0 N–H and O–H groups in total. The van der Waals surface area contributed by atoms with E-state index in [1.807, 2.05) is 17.0 Å². The average molecular weight is 354 g/mol. The Bertz CT molecular complexity index is 722. The molecular weight excluding hydrogens is 328 g/mol. The number of hydrogen-bond donors (Lipinski definition) is 0. The van der Waals surface area contributed by atoms with Gasteiger partial charge in [-0.2, -0.15) is 0 Å². The van der Waals surface area contributed by atoms with Crippen LogP contribution in [0, 0.1) is 5.92 Å². The summed E-state index contributed by atoms with van der Waals surface area (Å²) in [5, 5.41) is 0. The smallest absolute Gasteiger partial charge is 0.259 e. The van der Waals surface area contributed by atoms with E-state index in [0.29, 0.717) is 17.4 Å². The third kappa shape index (κ3) is 4.34. The van der Waals surface area contributed by atoms with Gasteiger partial charge >= 0.3 is 0 Å². The molecule has 0 unspecified atom stereocenters. The number of carbonyl (C=O) groups excluding carboxylic acids is 1. The lowest BCUT2D eigenvalue weighted by atomic mass is 9.90. The second kappa shape index (κ2) is 8.70. The van der Waals surface area contributed by atoms with Gasteiger partial charge in [-0.25, -0.2) is 4.98 Å². The molecule has 0 atom stereocenters. The van der Waals surface area contributed by atoms with Gasteiger partial charge in [-0.3, -0.25) is 4.79 Å². The summed E-state index contributed by atoms with van der Waals surface area (Å²) in [6, 6.07) is 11.8. The minimum absolute atomic E-state index is 0.0172. The van der Waals surface area contributed by atoms with Crippen LogP contribution in [0.5, 0.6) is 11.6 Å². The number of ether oxygens (including phenoxy) is 2. The van der Waals surface area contributed by atoms with Gasteiger partial charge in [0, 0.05) is 19.3 Å². The largest absolute Gasteiger partial charge is 0.497 e. The molecule has 1 aliphatic rings. The lowest BCUT2D eigenvalue weighted by Crippen LogP contribution is -2.38. The number of benzene rings is 1. The highest BCUT2D eigenvalue weighted by Gasteiger charge is 2.25. The van der Waals surface area contributed by atoms with Crippen LogP contribution in [0.15, 0.2) is 42.6 Å². The molecule has 1 aromatic carbocycles. The molecule has 3 rings (SSSR count). The maximum atomic E-state index is 12.7. The molecule has 1 fully saturated rings. The van der Waals surface area contributed by atoms with Gasteiger partial charge in [-0.15, -0.1) is 0 Å².